The molecule has 2 rings (SSSR count). The molecule has 0 aliphatic heterocycles. The maximum absolute atomic E-state index is 12.0. The van der Waals surface area contributed by atoms with E-state index in [2.05, 4.69) is 27.3 Å². The SMILES string of the molecule is O=S(=O)(CC1CCCCC1)Nc1ccc(I)cc1. The summed E-state index contributed by atoms with van der Waals surface area (Å²) in [5, 5.41) is 0. The molecule has 1 aliphatic rings. The summed E-state index contributed by atoms with van der Waals surface area (Å²) in [6.45, 7) is 0. The molecule has 3 nitrogen and oxygen atoms in total. The van der Waals surface area contributed by atoms with Crippen LogP contribution in [0.25, 0.3) is 0 Å². The normalized spacial score (nSPS) is 17.6. The molecular weight excluding hydrogens is 361 g/mol. The average molecular weight is 379 g/mol. The van der Waals surface area contributed by atoms with Crippen LogP contribution >= 0.6 is 22.6 Å². The van der Waals surface area contributed by atoms with Crippen LogP contribution in [0.1, 0.15) is 32.1 Å². The molecule has 0 atom stereocenters. The summed E-state index contributed by atoms with van der Waals surface area (Å²) in [5.41, 5.74) is 0.659. The largest absolute Gasteiger partial charge is 0.284 e. The second-order valence-corrected chi connectivity index (χ2v) is 7.91. The van der Waals surface area contributed by atoms with Crippen molar-refractivity contribution in [3.8, 4) is 0 Å². The van der Waals surface area contributed by atoms with Crippen LogP contribution in [0.3, 0.4) is 0 Å². The molecular formula is C13H18INO2S. The lowest BCUT2D eigenvalue weighted by molar-refractivity contribution is 0.385. The summed E-state index contributed by atoms with van der Waals surface area (Å²) < 4.78 is 27.8. The first-order chi connectivity index (χ1) is 8.55. The van der Waals surface area contributed by atoms with Crippen molar-refractivity contribution < 1.29 is 8.42 Å². The fraction of sp³-hybridized carbons (Fsp3) is 0.538. The first-order valence-electron chi connectivity index (χ1n) is 6.31. The van der Waals surface area contributed by atoms with Crippen molar-refractivity contribution in [1.29, 1.82) is 0 Å². The first kappa shape index (κ1) is 14.1. The predicted octanol–water partition coefficient (Wildman–Crippen LogP) is 3.61. The van der Waals surface area contributed by atoms with Crippen LogP contribution in [0, 0.1) is 9.49 Å². The third-order valence-corrected chi connectivity index (χ3v) is 5.47. The molecule has 1 N–H and O–H groups in total. The Balaban J connectivity index is 1.96. The Morgan fingerprint density at radius 2 is 1.72 bits per heavy atom. The summed E-state index contributed by atoms with van der Waals surface area (Å²) in [6.07, 6.45) is 5.69. The van der Waals surface area contributed by atoms with Gasteiger partial charge in [-0.25, -0.2) is 8.42 Å². The number of hydrogen-bond donors (Lipinski definition) is 1. The molecule has 18 heavy (non-hydrogen) atoms. The van der Waals surface area contributed by atoms with Crippen molar-refractivity contribution in [3.63, 3.8) is 0 Å². The highest BCUT2D eigenvalue weighted by Crippen LogP contribution is 2.25. The number of sulfonamides is 1. The van der Waals surface area contributed by atoms with Gasteiger partial charge in [0.15, 0.2) is 0 Å². The van der Waals surface area contributed by atoms with Crippen molar-refractivity contribution in [2.75, 3.05) is 10.5 Å². The molecule has 0 amide bonds. The highest BCUT2D eigenvalue weighted by molar-refractivity contribution is 14.1. The fourth-order valence-electron chi connectivity index (χ4n) is 2.40. The summed E-state index contributed by atoms with van der Waals surface area (Å²) >= 11 is 2.20. The van der Waals surface area contributed by atoms with Crippen molar-refractivity contribution in [1.82, 2.24) is 0 Å². The second-order valence-electron chi connectivity index (χ2n) is 4.89. The third-order valence-electron chi connectivity index (χ3n) is 3.30. The Hall–Kier alpha value is -0.300. The molecule has 0 saturated heterocycles. The lowest BCUT2D eigenvalue weighted by atomic mass is 9.91. The van der Waals surface area contributed by atoms with Crippen LogP contribution in [0.4, 0.5) is 5.69 Å². The van der Waals surface area contributed by atoms with Gasteiger partial charge in [-0.1, -0.05) is 19.3 Å². The topological polar surface area (TPSA) is 46.2 Å². The molecule has 0 aromatic heterocycles. The summed E-state index contributed by atoms with van der Waals surface area (Å²) in [5.74, 6) is 0.596. The predicted molar refractivity (Wildman–Crippen MR) is 83.1 cm³/mol. The van der Waals surface area contributed by atoms with Gasteiger partial charge in [0, 0.05) is 9.26 Å². The standard InChI is InChI=1S/C13H18INO2S/c14-12-6-8-13(9-7-12)15-18(16,17)10-11-4-2-1-3-5-11/h6-9,11,15H,1-5,10H2. The van der Waals surface area contributed by atoms with Gasteiger partial charge in [-0.3, -0.25) is 4.72 Å². The first-order valence-corrected chi connectivity index (χ1v) is 9.04. The van der Waals surface area contributed by atoms with Gasteiger partial charge in [-0.15, -0.1) is 0 Å². The molecule has 1 fully saturated rings. The minimum Gasteiger partial charge on any atom is -0.284 e. The van der Waals surface area contributed by atoms with Crippen molar-refractivity contribution in [2.24, 2.45) is 5.92 Å². The number of rotatable bonds is 4. The highest BCUT2D eigenvalue weighted by atomic mass is 127. The van der Waals surface area contributed by atoms with Gasteiger partial charge >= 0.3 is 0 Å². The monoisotopic (exact) mass is 379 g/mol. The number of hydrogen-bond acceptors (Lipinski definition) is 2. The molecule has 0 bridgehead atoms. The zero-order chi connectivity index (χ0) is 13.0. The van der Waals surface area contributed by atoms with E-state index >= 15 is 0 Å². The highest BCUT2D eigenvalue weighted by Gasteiger charge is 2.21. The smallest absolute Gasteiger partial charge is 0.232 e. The minimum atomic E-state index is -3.20. The molecule has 1 aromatic carbocycles. The van der Waals surface area contributed by atoms with Gasteiger partial charge in [0.25, 0.3) is 0 Å². The number of anilines is 1. The lowest BCUT2D eigenvalue weighted by Crippen LogP contribution is -2.24. The average Bonchev–Trinajstić information content (AvgIpc) is 2.32. The van der Waals surface area contributed by atoms with Crippen LogP contribution in [0.5, 0.6) is 0 Å². The van der Waals surface area contributed by atoms with Crippen LogP contribution in [-0.4, -0.2) is 14.2 Å². The fourth-order valence-corrected chi connectivity index (χ4v) is 4.30. The Kier molecular flexibility index (Phi) is 4.89. The minimum absolute atomic E-state index is 0.263. The van der Waals surface area contributed by atoms with E-state index in [0.717, 1.165) is 16.4 Å². The molecule has 0 radical (unpaired) electrons. The Morgan fingerprint density at radius 1 is 1.11 bits per heavy atom. The Labute approximate surface area is 123 Å². The molecule has 1 saturated carbocycles. The summed E-state index contributed by atoms with van der Waals surface area (Å²) in [6, 6.07) is 7.42. The quantitative estimate of drug-likeness (QED) is 0.813. The van der Waals surface area contributed by atoms with Crippen molar-refractivity contribution in [2.45, 2.75) is 32.1 Å². The van der Waals surface area contributed by atoms with E-state index in [9.17, 15) is 8.42 Å². The van der Waals surface area contributed by atoms with Gasteiger partial charge in [0.2, 0.25) is 10.0 Å². The van der Waals surface area contributed by atoms with Gasteiger partial charge in [0.1, 0.15) is 0 Å². The number of nitrogens with one attached hydrogen (secondary N) is 1. The molecule has 0 spiro atoms. The zero-order valence-corrected chi connectivity index (χ0v) is 13.2. The lowest BCUT2D eigenvalue weighted by Gasteiger charge is -2.21. The van der Waals surface area contributed by atoms with Crippen LogP contribution in [-0.2, 0) is 10.0 Å². The molecule has 0 heterocycles. The van der Waals surface area contributed by atoms with Gasteiger partial charge < -0.3 is 0 Å². The van der Waals surface area contributed by atoms with Gasteiger partial charge in [-0.05, 0) is 65.6 Å². The Bertz CT molecular complexity index is 478. The van der Waals surface area contributed by atoms with E-state index in [1.807, 2.05) is 12.1 Å². The van der Waals surface area contributed by atoms with E-state index in [1.54, 1.807) is 12.1 Å². The molecule has 1 aromatic rings. The molecule has 100 valence electrons. The van der Waals surface area contributed by atoms with Gasteiger partial charge in [0.05, 0.1) is 5.75 Å². The van der Waals surface area contributed by atoms with Gasteiger partial charge in [-0.2, -0.15) is 0 Å². The summed E-state index contributed by atoms with van der Waals surface area (Å²) in [4.78, 5) is 0. The van der Waals surface area contributed by atoms with Crippen LogP contribution in [0.2, 0.25) is 0 Å². The van der Waals surface area contributed by atoms with Crippen molar-refractivity contribution >= 4 is 38.3 Å². The third kappa shape index (κ3) is 4.42. The van der Waals surface area contributed by atoms with Crippen LogP contribution < -0.4 is 4.72 Å². The van der Waals surface area contributed by atoms with Crippen LogP contribution in [0.15, 0.2) is 24.3 Å². The van der Waals surface area contributed by atoms with E-state index < -0.39 is 10.0 Å². The van der Waals surface area contributed by atoms with E-state index in [-0.39, 0.29) is 5.75 Å². The van der Waals surface area contributed by atoms with E-state index in [0.29, 0.717) is 11.6 Å². The molecule has 5 heteroatoms. The molecule has 0 unspecified atom stereocenters. The Morgan fingerprint density at radius 3 is 2.33 bits per heavy atom. The maximum atomic E-state index is 12.0. The van der Waals surface area contributed by atoms with Crippen molar-refractivity contribution in [3.05, 3.63) is 27.8 Å². The number of halogens is 1. The maximum Gasteiger partial charge on any atom is 0.232 e. The van der Waals surface area contributed by atoms with E-state index in [4.69, 9.17) is 0 Å². The number of benzene rings is 1. The zero-order valence-electron chi connectivity index (χ0n) is 10.2. The summed E-state index contributed by atoms with van der Waals surface area (Å²) in [7, 11) is -3.20. The second kappa shape index (κ2) is 6.23. The van der Waals surface area contributed by atoms with E-state index in [1.165, 1.54) is 19.3 Å². The molecule has 1 aliphatic carbocycles.